The molecular formula is C28H46O3. The summed E-state index contributed by atoms with van der Waals surface area (Å²) in [6.45, 7) is 15.0. The van der Waals surface area contributed by atoms with Gasteiger partial charge in [-0.15, -0.1) is 0 Å². The Kier molecular flexibility index (Phi) is 5.72. The molecule has 0 aromatic heterocycles. The molecule has 0 spiro atoms. The van der Waals surface area contributed by atoms with E-state index in [4.69, 9.17) is 4.74 Å². The molecule has 3 heteroatoms. The number of carboxylic acids is 1. The van der Waals surface area contributed by atoms with Crippen LogP contribution < -0.4 is 0 Å². The van der Waals surface area contributed by atoms with E-state index < -0.39 is 5.97 Å². The van der Waals surface area contributed by atoms with Crippen LogP contribution in [0.25, 0.3) is 0 Å². The second-order valence-corrected chi connectivity index (χ2v) is 12.9. The minimum Gasteiger partial charge on any atom is -0.481 e. The first-order chi connectivity index (χ1) is 14.4. The zero-order valence-electron chi connectivity index (χ0n) is 21.1. The van der Waals surface area contributed by atoms with Gasteiger partial charge in [-0.25, -0.2) is 0 Å². The highest BCUT2D eigenvalue weighted by Gasteiger charge is 2.65. The lowest BCUT2D eigenvalue weighted by Gasteiger charge is -2.64. The van der Waals surface area contributed by atoms with Crippen LogP contribution in [-0.4, -0.2) is 24.3 Å². The van der Waals surface area contributed by atoms with Gasteiger partial charge in [-0.2, -0.15) is 0 Å². The van der Waals surface area contributed by atoms with Crippen molar-refractivity contribution in [2.45, 2.75) is 105 Å². The first kappa shape index (κ1) is 23.3. The largest absolute Gasteiger partial charge is 0.481 e. The van der Waals surface area contributed by atoms with Gasteiger partial charge in [-0.1, -0.05) is 53.2 Å². The van der Waals surface area contributed by atoms with Gasteiger partial charge in [0, 0.05) is 13.5 Å². The summed E-state index contributed by atoms with van der Waals surface area (Å²) in [5.41, 5.74) is 2.94. The summed E-state index contributed by atoms with van der Waals surface area (Å²) < 4.78 is 5.96. The Bertz CT molecular complexity index is 753. The van der Waals surface area contributed by atoms with E-state index in [0.29, 0.717) is 52.4 Å². The van der Waals surface area contributed by atoms with Gasteiger partial charge >= 0.3 is 5.97 Å². The van der Waals surface area contributed by atoms with Crippen molar-refractivity contribution in [1.29, 1.82) is 0 Å². The summed E-state index contributed by atoms with van der Waals surface area (Å²) in [5.74, 6) is 1.87. The summed E-state index contributed by atoms with van der Waals surface area (Å²) in [6, 6.07) is 0. The van der Waals surface area contributed by atoms with Crippen LogP contribution in [0.3, 0.4) is 0 Å². The Labute approximate surface area is 190 Å². The van der Waals surface area contributed by atoms with Crippen molar-refractivity contribution in [2.75, 3.05) is 7.11 Å². The van der Waals surface area contributed by atoms with Gasteiger partial charge in [0.15, 0.2) is 0 Å². The zero-order chi connectivity index (χ0) is 22.8. The third kappa shape index (κ3) is 3.19. The van der Waals surface area contributed by atoms with Gasteiger partial charge in [-0.3, -0.25) is 4.79 Å². The molecule has 31 heavy (non-hydrogen) atoms. The number of allylic oxidation sites excluding steroid dienone is 2. The third-order valence-corrected chi connectivity index (χ3v) is 11.6. The SMILES string of the molecule is CO[C@H]1CC[C@]2(C)C3=CC[C@]4(C)[C@@H]([C@H](C)CCC(=O)O)CC[C@@]4(C)[C@@H]3CC[C@H]2C1(C)C. The molecule has 8 atom stereocenters. The summed E-state index contributed by atoms with van der Waals surface area (Å²) in [5, 5.41) is 9.21. The molecule has 0 aromatic rings. The fourth-order valence-electron chi connectivity index (χ4n) is 9.63. The highest BCUT2D eigenvalue weighted by Crippen LogP contribution is 2.73. The Hall–Kier alpha value is -0.830. The van der Waals surface area contributed by atoms with Crippen molar-refractivity contribution in [3.63, 3.8) is 0 Å². The van der Waals surface area contributed by atoms with E-state index in [2.05, 4.69) is 47.6 Å². The van der Waals surface area contributed by atoms with Crippen LogP contribution in [0.4, 0.5) is 0 Å². The van der Waals surface area contributed by atoms with E-state index in [1.165, 1.54) is 44.9 Å². The summed E-state index contributed by atoms with van der Waals surface area (Å²) in [4.78, 5) is 11.2. The minimum absolute atomic E-state index is 0.221. The molecule has 0 bridgehead atoms. The van der Waals surface area contributed by atoms with Crippen molar-refractivity contribution in [2.24, 2.45) is 45.3 Å². The number of carbonyl (C=O) groups is 1. The molecule has 3 saturated carbocycles. The molecule has 0 heterocycles. The maximum Gasteiger partial charge on any atom is 0.303 e. The molecule has 0 unspecified atom stereocenters. The van der Waals surface area contributed by atoms with Gasteiger partial charge in [-0.05, 0) is 96.7 Å². The van der Waals surface area contributed by atoms with Gasteiger partial charge in [0.25, 0.3) is 0 Å². The number of hydrogen-bond donors (Lipinski definition) is 1. The maximum atomic E-state index is 11.2. The van der Waals surface area contributed by atoms with Crippen LogP contribution in [-0.2, 0) is 9.53 Å². The Morgan fingerprint density at radius 2 is 1.81 bits per heavy atom. The number of carboxylic acid groups (broad SMARTS) is 1. The molecular weight excluding hydrogens is 384 g/mol. The minimum atomic E-state index is -0.649. The molecule has 3 fully saturated rings. The molecule has 1 N–H and O–H groups in total. The van der Waals surface area contributed by atoms with Crippen LogP contribution in [0, 0.1) is 45.3 Å². The van der Waals surface area contributed by atoms with Crippen LogP contribution in [0.2, 0.25) is 0 Å². The number of methoxy groups -OCH3 is 1. The molecule has 4 aliphatic carbocycles. The topological polar surface area (TPSA) is 46.5 Å². The summed E-state index contributed by atoms with van der Waals surface area (Å²) in [6.07, 6.45) is 13.0. The fourth-order valence-corrected chi connectivity index (χ4v) is 9.63. The number of aliphatic carboxylic acids is 1. The van der Waals surface area contributed by atoms with E-state index in [1.54, 1.807) is 5.57 Å². The van der Waals surface area contributed by atoms with Crippen molar-refractivity contribution >= 4 is 5.97 Å². The van der Waals surface area contributed by atoms with E-state index in [-0.39, 0.29) is 5.41 Å². The quantitative estimate of drug-likeness (QED) is 0.473. The Morgan fingerprint density at radius 1 is 1.10 bits per heavy atom. The van der Waals surface area contributed by atoms with Crippen LogP contribution in [0.15, 0.2) is 11.6 Å². The lowest BCUT2D eigenvalue weighted by Crippen LogP contribution is -2.58. The van der Waals surface area contributed by atoms with Crippen LogP contribution >= 0.6 is 0 Å². The Balaban J connectivity index is 1.65. The lowest BCUT2D eigenvalue weighted by molar-refractivity contribution is -0.137. The average molecular weight is 431 g/mol. The van der Waals surface area contributed by atoms with E-state index in [9.17, 15) is 9.90 Å². The second kappa shape index (κ2) is 7.61. The molecule has 3 nitrogen and oxygen atoms in total. The fraction of sp³-hybridized carbons (Fsp3) is 0.893. The summed E-state index contributed by atoms with van der Waals surface area (Å²) >= 11 is 0. The third-order valence-electron chi connectivity index (χ3n) is 11.6. The highest BCUT2D eigenvalue weighted by molar-refractivity contribution is 5.66. The van der Waals surface area contributed by atoms with Crippen molar-refractivity contribution in [1.82, 2.24) is 0 Å². The molecule has 0 aliphatic heterocycles. The monoisotopic (exact) mass is 430 g/mol. The average Bonchev–Trinajstić information content (AvgIpc) is 2.97. The predicted molar refractivity (Wildman–Crippen MR) is 126 cm³/mol. The molecule has 0 amide bonds. The smallest absolute Gasteiger partial charge is 0.303 e. The zero-order valence-corrected chi connectivity index (χ0v) is 21.1. The lowest BCUT2D eigenvalue weighted by atomic mass is 9.41. The number of fused-ring (bicyclic) bond motifs is 5. The van der Waals surface area contributed by atoms with Gasteiger partial charge in [0.2, 0.25) is 0 Å². The van der Waals surface area contributed by atoms with E-state index in [1.807, 2.05) is 7.11 Å². The molecule has 0 aromatic carbocycles. The van der Waals surface area contributed by atoms with Crippen LogP contribution in [0.1, 0.15) is 99.3 Å². The standard InChI is InChI=1S/C28H46O3/c1-18(8-11-24(29)30)19-12-16-28(6)21-9-10-22-25(2,3)23(31-7)14-15-26(22,4)20(21)13-17-27(19,28)5/h13,18-19,21-23H,8-12,14-17H2,1-7H3,(H,29,30)/t18-,19-,21-,22+,23+,26-,27-,28+/m1/s1. The normalized spacial score (nSPS) is 47.0. The second-order valence-electron chi connectivity index (χ2n) is 12.9. The number of ether oxygens (including phenoxy) is 1. The summed E-state index contributed by atoms with van der Waals surface area (Å²) in [7, 11) is 1.90. The van der Waals surface area contributed by atoms with E-state index >= 15 is 0 Å². The molecule has 0 radical (unpaired) electrons. The van der Waals surface area contributed by atoms with E-state index in [0.717, 1.165) is 6.42 Å². The number of rotatable bonds is 5. The molecule has 0 saturated heterocycles. The number of hydrogen-bond acceptors (Lipinski definition) is 2. The first-order valence-corrected chi connectivity index (χ1v) is 12.9. The Morgan fingerprint density at radius 3 is 2.45 bits per heavy atom. The van der Waals surface area contributed by atoms with Gasteiger partial charge in [0.1, 0.15) is 0 Å². The first-order valence-electron chi connectivity index (χ1n) is 12.9. The maximum absolute atomic E-state index is 11.2. The molecule has 4 rings (SSSR count). The molecule has 4 aliphatic rings. The van der Waals surface area contributed by atoms with Crippen molar-refractivity contribution in [3.8, 4) is 0 Å². The van der Waals surface area contributed by atoms with Crippen LogP contribution in [0.5, 0.6) is 0 Å². The molecule has 176 valence electrons. The van der Waals surface area contributed by atoms with Gasteiger partial charge in [0.05, 0.1) is 6.10 Å². The van der Waals surface area contributed by atoms with Crippen molar-refractivity contribution < 1.29 is 14.6 Å². The van der Waals surface area contributed by atoms with Gasteiger partial charge < -0.3 is 9.84 Å². The highest BCUT2D eigenvalue weighted by atomic mass is 16.5. The predicted octanol–water partition coefficient (Wildman–Crippen LogP) is 7.11. The van der Waals surface area contributed by atoms with Crippen molar-refractivity contribution in [3.05, 3.63) is 11.6 Å².